The van der Waals surface area contributed by atoms with E-state index in [0.29, 0.717) is 32.6 Å². The lowest BCUT2D eigenvalue weighted by molar-refractivity contribution is -0.276. The zero-order chi connectivity index (χ0) is 21.3. The maximum atomic E-state index is 12.2. The van der Waals surface area contributed by atoms with Gasteiger partial charge in [-0.25, -0.2) is 0 Å². The SMILES string of the molecule is CNCCOC(C)(OCCNC(=O)CC(C)C(C)(C)CC(C)=O)C(C)(C)C. The first-order valence-corrected chi connectivity index (χ1v) is 9.94. The van der Waals surface area contributed by atoms with Crippen LogP contribution in [0.5, 0.6) is 0 Å². The van der Waals surface area contributed by atoms with E-state index < -0.39 is 5.79 Å². The van der Waals surface area contributed by atoms with Gasteiger partial charge in [-0.1, -0.05) is 41.5 Å². The van der Waals surface area contributed by atoms with Crippen LogP contribution in [0.25, 0.3) is 0 Å². The fourth-order valence-electron chi connectivity index (χ4n) is 2.70. The van der Waals surface area contributed by atoms with E-state index in [9.17, 15) is 9.59 Å². The Labute approximate surface area is 166 Å². The summed E-state index contributed by atoms with van der Waals surface area (Å²) in [5.74, 6) is -0.477. The van der Waals surface area contributed by atoms with Crippen LogP contribution >= 0.6 is 0 Å². The molecule has 6 heteroatoms. The number of hydrogen-bond donors (Lipinski definition) is 2. The number of rotatable bonds is 13. The van der Waals surface area contributed by atoms with Crippen molar-refractivity contribution >= 4 is 11.7 Å². The van der Waals surface area contributed by atoms with Crippen molar-refractivity contribution in [3.63, 3.8) is 0 Å². The van der Waals surface area contributed by atoms with E-state index in [2.05, 4.69) is 31.4 Å². The minimum Gasteiger partial charge on any atom is -0.354 e. The summed E-state index contributed by atoms with van der Waals surface area (Å²) >= 11 is 0. The Morgan fingerprint density at radius 2 is 1.48 bits per heavy atom. The summed E-state index contributed by atoms with van der Waals surface area (Å²) in [6, 6.07) is 0. The van der Waals surface area contributed by atoms with E-state index in [1.54, 1.807) is 6.92 Å². The van der Waals surface area contributed by atoms with Gasteiger partial charge < -0.3 is 24.9 Å². The maximum Gasteiger partial charge on any atom is 0.220 e. The third-order valence-electron chi connectivity index (χ3n) is 5.42. The average Bonchev–Trinajstić information content (AvgIpc) is 2.49. The maximum absolute atomic E-state index is 12.2. The Hall–Kier alpha value is -0.980. The minimum atomic E-state index is -0.731. The highest BCUT2D eigenvalue weighted by molar-refractivity contribution is 5.77. The number of Topliss-reactive ketones (excluding diaryl/α,β-unsaturated/α-hetero) is 1. The van der Waals surface area contributed by atoms with Crippen molar-refractivity contribution in [1.82, 2.24) is 10.6 Å². The van der Waals surface area contributed by atoms with Gasteiger partial charge in [0.25, 0.3) is 0 Å². The Bertz CT molecular complexity index is 471. The van der Waals surface area contributed by atoms with Crippen molar-refractivity contribution in [2.75, 3.05) is 33.4 Å². The first kappa shape index (κ1) is 26.0. The van der Waals surface area contributed by atoms with Crippen LogP contribution in [0.3, 0.4) is 0 Å². The summed E-state index contributed by atoms with van der Waals surface area (Å²) in [6.45, 7) is 18.0. The topological polar surface area (TPSA) is 76.7 Å². The normalized spacial score (nSPS) is 15.9. The smallest absolute Gasteiger partial charge is 0.220 e. The highest BCUT2D eigenvalue weighted by Gasteiger charge is 2.39. The number of nitrogens with one attached hydrogen (secondary N) is 2. The van der Waals surface area contributed by atoms with Gasteiger partial charge in [-0.05, 0) is 32.2 Å². The zero-order valence-electron chi connectivity index (χ0n) is 19.0. The highest BCUT2D eigenvalue weighted by atomic mass is 16.7. The molecule has 0 aromatic carbocycles. The summed E-state index contributed by atoms with van der Waals surface area (Å²) in [4.78, 5) is 23.6. The van der Waals surface area contributed by atoms with Crippen molar-refractivity contribution in [3.05, 3.63) is 0 Å². The molecule has 0 rings (SSSR count). The second-order valence-corrected chi connectivity index (χ2v) is 9.32. The number of ether oxygens (including phenoxy) is 2. The van der Waals surface area contributed by atoms with Crippen molar-refractivity contribution in [2.24, 2.45) is 16.7 Å². The molecule has 0 aromatic rings. The minimum absolute atomic E-state index is 0.0173. The van der Waals surface area contributed by atoms with Gasteiger partial charge in [-0.15, -0.1) is 0 Å². The molecule has 0 radical (unpaired) electrons. The summed E-state index contributed by atoms with van der Waals surface area (Å²) in [5, 5.41) is 5.97. The van der Waals surface area contributed by atoms with Gasteiger partial charge in [-0.2, -0.15) is 0 Å². The summed E-state index contributed by atoms with van der Waals surface area (Å²) < 4.78 is 12.0. The fraction of sp³-hybridized carbons (Fsp3) is 0.905. The predicted octanol–water partition coefficient (Wildman–Crippen LogP) is 3.15. The Morgan fingerprint density at radius 3 is 1.93 bits per heavy atom. The third kappa shape index (κ3) is 9.67. The molecule has 1 amide bonds. The van der Waals surface area contributed by atoms with E-state index >= 15 is 0 Å². The van der Waals surface area contributed by atoms with Gasteiger partial charge in [0, 0.05) is 31.3 Å². The Morgan fingerprint density at radius 1 is 0.963 bits per heavy atom. The molecular formula is C21H42N2O4. The van der Waals surface area contributed by atoms with Crippen LogP contribution < -0.4 is 10.6 Å². The average molecular weight is 387 g/mol. The lowest BCUT2D eigenvalue weighted by atomic mass is 9.74. The molecule has 0 saturated carbocycles. The van der Waals surface area contributed by atoms with Crippen molar-refractivity contribution in [2.45, 2.75) is 74.0 Å². The molecule has 160 valence electrons. The summed E-state index contributed by atoms with van der Waals surface area (Å²) in [5.41, 5.74) is -0.387. The van der Waals surface area contributed by atoms with Crippen LogP contribution in [-0.2, 0) is 19.1 Å². The molecule has 0 fully saturated rings. The number of ketones is 1. The van der Waals surface area contributed by atoms with Crippen LogP contribution in [0.1, 0.15) is 68.2 Å². The molecule has 0 heterocycles. The van der Waals surface area contributed by atoms with E-state index in [0.717, 1.165) is 6.54 Å². The van der Waals surface area contributed by atoms with Gasteiger partial charge in [0.1, 0.15) is 5.78 Å². The fourth-order valence-corrected chi connectivity index (χ4v) is 2.70. The molecule has 2 atom stereocenters. The molecule has 0 aliphatic heterocycles. The molecule has 0 aliphatic carbocycles. The number of likely N-dealkylation sites (N-methyl/N-ethyl adjacent to an activating group) is 1. The van der Waals surface area contributed by atoms with Gasteiger partial charge in [0.05, 0.1) is 13.2 Å². The van der Waals surface area contributed by atoms with E-state index in [-0.39, 0.29) is 28.4 Å². The van der Waals surface area contributed by atoms with E-state index in [1.165, 1.54) is 0 Å². The lowest BCUT2D eigenvalue weighted by Gasteiger charge is -2.41. The molecular weight excluding hydrogens is 344 g/mol. The van der Waals surface area contributed by atoms with Crippen molar-refractivity contribution < 1.29 is 19.1 Å². The highest BCUT2D eigenvalue weighted by Crippen LogP contribution is 2.35. The third-order valence-corrected chi connectivity index (χ3v) is 5.42. The van der Waals surface area contributed by atoms with E-state index in [1.807, 2.05) is 34.7 Å². The van der Waals surface area contributed by atoms with Crippen LogP contribution in [0.4, 0.5) is 0 Å². The van der Waals surface area contributed by atoms with Crippen LogP contribution in [0, 0.1) is 16.7 Å². The molecule has 6 nitrogen and oxygen atoms in total. The number of amides is 1. The standard InChI is InChI=1S/C21H42N2O4/c1-16(20(6,7)15-17(2)24)14-18(25)23-11-13-27-21(8,19(3,4)5)26-12-10-22-9/h16,22H,10-15H2,1-9H3,(H,23,25). The van der Waals surface area contributed by atoms with E-state index in [4.69, 9.17) is 9.47 Å². The Kier molecular flexibility index (Phi) is 10.7. The van der Waals surface area contributed by atoms with Crippen LogP contribution in [-0.4, -0.2) is 50.8 Å². The summed E-state index contributed by atoms with van der Waals surface area (Å²) in [7, 11) is 1.88. The van der Waals surface area contributed by atoms with Crippen LogP contribution in [0.2, 0.25) is 0 Å². The Balaban J connectivity index is 4.44. The summed E-state index contributed by atoms with van der Waals surface area (Å²) in [6.07, 6.45) is 0.883. The second kappa shape index (κ2) is 11.1. The number of hydrogen-bond acceptors (Lipinski definition) is 5. The second-order valence-electron chi connectivity index (χ2n) is 9.32. The monoisotopic (exact) mass is 386 g/mol. The first-order valence-electron chi connectivity index (χ1n) is 9.94. The molecule has 0 aromatic heterocycles. The molecule has 2 N–H and O–H groups in total. The lowest BCUT2D eigenvalue weighted by Crippen LogP contribution is -2.47. The zero-order valence-corrected chi connectivity index (χ0v) is 19.0. The molecule has 2 unspecified atom stereocenters. The van der Waals surface area contributed by atoms with Gasteiger partial charge in [0.2, 0.25) is 5.91 Å². The van der Waals surface area contributed by atoms with Gasteiger partial charge in [-0.3, -0.25) is 4.79 Å². The molecule has 0 spiro atoms. The van der Waals surface area contributed by atoms with Crippen LogP contribution in [0.15, 0.2) is 0 Å². The van der Waals surface area contributed by atoms with Crippen molar-refractivity contribution in [3.8, 4) is 0 Å². The van der Waals surface area contributed by atoms with Crippen molar-refractivity contribution in [1.29, 1.82) is 0 Å². The molecule has 0 saturated heterocycles. The molecule has 27 heavy (non-hydrogen) atoms. The number of carbonyl (C=O) groups excluding carboxylic acids is 2. The quantitative estimate of drug-likeness (QED) is 0.376. The largest absolute Gasteiger partial charge is 0.354 e. The molecule has 0 bridgehead atoms. The first-order chi connectivity index (χ1) is 12.2. The number of carbonyl (C=O) groups is 2. The predicted molar refractivity (Wildman–Crippen MR) is 110 cm³/mol. The molecule has 0 aliphatic rings. The van der Waals surface area contributed by atoms with Gasteiger partial charge >= 0.3 is 0 Å². The van der Waals surface area contributed by atoms with Gasteiger partial charge in [0.15, 0.2) is 5.79 Å².